The van der Waals surface area contributed by atoms with E-state index in [0.29, 0.717) is 12.0 Å². The van der Waals surface area contributed by atoms with E-state index in [9.17, 15) is 22.8 Å². The number of methoxy groups -OCH3 is 1. The van der Waals surface area contributed by atoms with E-state index in [1.165, 1.54) is 37.6 Å². The van der Waals surface area contributed by atoms with Crippen molar-refractivity contribution in [2.75, 3.05) is 13.7 Å². The number of alkyl halides is 3. The van der Waals surface area contributed by atoms with E-state index in [1.54, 1.807) is 0 Å². The van der Waals surface area contributed by atoms with Crippen molar-refractivity contribution in [2.24, 2.45) is 0 Å². The summed E-state index contributed by atoms with van der Waals surface area (Å²) in [5, 5.41) is 2.62. The van der Waals surface area contributed by atoms with E-state index < -0.39 is 23.6 Å². The lowest BCUT2D eigenvalue weighted by Gasteiger charge is -2.08. The Kier molecular flexibility index (Phi) is 5.74. The third-order valence-corrected chi connectivity index (χ3v) is 3.40. The number of hydrogen-bond donors (Lipinski definition) is 1. The van der Waals surface area contributed by atoms with Crippen molar-refractivity contribution in [1.29, 1.82) is 0 Å². The highest BCUT2D eigenvalue weighted by molar-refractivity contribution is 5.94. The Balaban J connectivity index is 1.87. The summed E-state index contributed by atoms with van der Waals surface area (Å²) in [5.74, 6) is -0.995. The normalized spacial score (nSPS) is 11.0. The number of ether oxygens (including phenoxy) is 1. The number of nitrogens with zero attached hydrogens (tertiary/aromatic N) is 1. The maximum Gasteiger partial charge on any atom is 0.416 e. The summed E-state index contributed by atoms with van der Waals surface area (Å²) in [4.78, 5) is 27.1. The molecule has 1 heterocycles. The molecule has 0 saturated heterocycles. The standard InChI is InChI=1S/C17H15F3N2O3/c1-25-16(24)12-4-7-14(22-10-12)15(23)21-9-8-11-2-5-13(6-3-11)17(18,19)20/h2-7,10H,8-9H2,1H3,(H,21,23). The molecule has 0 saturated carbocycles. The average molecular weight is 352 g/mol. The molecule has 1 N–H and O–H groups in total. The van der Waals surface area contributed by atoms with Gasteiger partial charge >= 0.3 is 12.1 Å². The number of halogens is 3. The van der Waals surface area contributed by atoms with Gasteiger partial charge in [-0.2, -0.15) is 13.2 Å². The molecule has 25 heavy (non-hydrogen) atoms. The minimum absolute atomic E-state index is 0.125. The summed E-state index contributed by atoms with van der Waals surface area (Å²) in [7, 11) is 1.24. The first kappa shape index (κ1) is 18.4. The Morgan fingerprint density at radius 3 is 2.32 bits per heavy atom. The molecule has 1 aromatic heterocycles. The third kappa shape index (κ3) is 5.03. The van der Waals surface area contributed by atoms with E-state index in [-0.39, 0.29) is 17.8 Å². The quantitative estimate of drug-likeness (QED) is 0.841. The lowest BCUT2D eigenvalue weighted by molar-refractivity contribution is -0.137. The molecule has 0 fully saturated rings. The lowest BCUT2D eigenvalue weighted by Crippen LogP contribution is -2.26. The van der Waals surface area contributed by atoms with Gasteiger partial charge < -0.3 is 10.1 Å². The van der Waals surface area contributed by atoms with Gasteiger partial charge in [-0.25, -0.2) is 4.79 Å². The van der Waals surface area contributed by atoms with Crippen LogP contribution in [0, 0.1) is 0 Å². The summed E-state index contributed by atoms with van der Waals surface area (Å²) in [5.41, 5.74) is 0.307. The largest absolute Gasteiger partial charge is 0.465 e. The predicted molar refractivity (Wildman–Crippen MR) is 83.1 cm³/mol. The number of carbonyl (C=O) groups excluding carboxylic acids is 2. The van der Waals surface area contributed by atoms with Crippen molar-refractivity contribution in [3.63, 3.8) is 0 Å². The van der Waals surface area contributed by atoms with Crippen LogP contribution in [0.2, 0.25) is 0 Å². The first-order valence-corrected chi connectivity index (χ1v) is 7.30. The number of benzene rings is 1. The van der Waals surface area contributed by atoms with Gasteiger partial charge in [0.2, 0.25) is 0 Å². The molecule has 0 atom stereocenters. The number of aromatic nitrogens is 1. The molecular formula is C17H15F3N2O3. The third-order valence-electron chi connectivity index (χ3n) is 3.40. The Morgan fingerprint density at radius 1 is 1.12 bits per heavy atom. The van der Waals surface area contributed by atoms with Gasteiger partial charge in [-0.1, -0.05) is 12.1 Å². The molecule has 8 heteroatoms. The number of hydrogen-bond acceptors (Lipinski definition) is 4. The SMILES string of the molecule is COC(=O)c1ccc(C(=O)NCCc2ccc(C(F)(F)F)cc2)nc1. The summed E-state index contributed by atoms with van der Waals surface area (Å²) in [6.07, 6.45) is -2.75. The molecule has 0 spiro atoms. The number of carbonyl (C=O) groups is 2. The van der Waals surface area contributed by atoms with Crippen LogP contribution in [0.1, 0.15) is 32.0 Å². The second-order valence-corrected chi connectivity index (χ2v) is 5.12. The second kappa shape index (κ2) is 7.78. The fourth-order valence-corrected chi connectivity index (χ4v) is 2.04. The molecule has 2 aromatic rings. The van der Waals surface area contributed by atoms with Crippen LogP contribution in [0.25, 0.3) is 0 Å². The Morgan fingerprint density at radius 2 is 1.80 bits per heavy atom. The van der Waals surface area contributed by atoms with Crippen molar-refractivity contribution in [2.45, 2.75) is 12.6 Å². The number of esters is 1. The van der Waals surface area contributed by atoms with Crippen molar-refractivity contribution >= 4 is 11.9 Å². The predicted octanol–water partition coefficient (Wildman–Crippen LogP) is 2.86. The molecule has 0 unspecified atom stereocenters. The molecule has 0 aliphatic heterocycles. The van der Waals surface area contributed by atoms with Crippen LogP contribution in [-0.4, -0.2) is 30.5 Å². The van der Waals surface area contributed by atoms with Crippen molar-refractivity contribution in [3.8, 4) is 0 Å². The van der Waals surface area contributed by atoms with E-state index in [2.05, 4.69) is 15.0 Å². The second-order valence-electron chi connectivity index (χ2n) is 5.12. The molecule has 0 aliphatic rings. The van der Waals surface area contributed by atoms with Crippen molar-refractivity contribution in [3.05, 3.63) is 65.0 Å². The van der Waals surface area contributed by atoms with Crippen LogP contribution in [0.5, 0.6) is 0 Å². The number of pyridine rings is 1. The summed E-state index contributed by atoms with van der Waals surface area (Å²) < 4.78 is 41.9. The first-order valence-electron chi connectivity index (χ1n) is 7.30. The highest BCUT2D eigenvalue weighted by Gasteiger charge is 2.29. The van der Waals surface area contributed by atoms with Gasteiger partial charge in [0.05, 0.1) is 18.2 Å². The van der Waals surface area contributed by atoms with Gasteiger partial charge in [0.1, 0.15) is 5.69 Å². The molecule has 2 rings (SSSR count). The van der Waals surface area contributed by atoms with Crippen LogP contribution in [-0.2, 0) is 17.3 Å². The monoisotopic (exact) mass is 352 g/mol. The average Bonchev–Trinajstić information content (AvgIpc) is 2.60. The van der Waals surface area contributed by atoms with Crippen LogP contribution < -0.4 is 5.32 Å². The molecule has 1 aromatic carbocycles. The van der Waals surface area contributed by atoms with Crippen LogP contribution in [0.15, 0.2) is 42.6 Å². The van der Waals surface area contributed by atoms with Gasteiger partial charge in [0, 0.05) is 12.7 Å². The van der Waals surface area contributed by atoms with Gasteiger partial charge in [-0.15, -0.1) is 0 Å². The topological polar surface area (TPSA) is 68.3 Å². The fraction of sp³-hybridized carbons (Fsp3) is 0.235. The molecule has 0 radical (unpaired) electrons. The summed E-state index contributed by atoms with van der Waals surface area (Å²) >= 11 is 0. The zero-order chi connectivity index (χ0) is 18.4. The van der Waals surface area contributed by atoms with Crippen LogP contribution in [0.4, 0.5) is 13.2 Å². The molecular weight excluding hydrogens is 337 g/mol. The number of rotatable bonds is 5. The molecule has 5 nitrogen and oxygen atoms in total. The minimum atomic E-state index is -4.37. The highest BCUT2D eigenvalue weighted by Crippen LogP contribution is 2.29. The smallest absolute Gasteiger partial charge is 0.416 e. The first-order chi connectivity index (χ1) is 11.8. The molecule has 132 valence electrons. The van der Waals surface area contributed by atoms with E-state index in [1.807, 2.05) is 0 Å². The van der Waals surface area contributed by atoms with Gasteiger partial charge in [-0.05, 0) is 36.2 Å². The van der Waals surface area contributed by atoms with Crippen molar-refractivity contribution < 1.29 is 27.5 Å². The zero-order valence-electron chi connectivity index (χ0n) is 13.3. The lowest BCUT2D eigenvalue weighted by atomic mass is 10.1. The van der Waals surface area contributed by atoms with E-state index >= 15 is 0 Å². The summed E-state index contributed by atoms with van der Waals surface area (Å²) in [6, 6.07) is 7.56. The van der Waals surface area contributed by atoms with E-state index in [0.717, 1.165) is 12.1 Å². The van der Waals surface area contributed by atoms with Gasteiger partial charge in [0.25, 0.3) is 5.91 Å². The number of amides is 1. The van der Waals surface area contributed by atoms with E-state index in [4.69, 9.17) is 0 Å². The molecule has 0 bridgehead atoms. The van der Waals surface area contributed by atoms with Crippen LogP contribution >= 0.6 is 0 Å². The molecule has 1 amide bonds. The Labute approximate surface area is 141 Å². The van der Waals surface area contributed by atoms with Crippen molar-refractivity contribution in [1.82, 2.24) is 10.3 Å². The maximum atomic E-state index is 12.5. The maximum absolute atomic E-state index is 12.5. The molecule has 0 aliphatic carbocycles. The highest BCUT2D eigenvalue weighted by atomic mass is 19.4. The Bertz CT molecular complexity index is 741. The number of nitrogens with one attached hydrogen (secondary N) is 1. The zero-order valence-corrected chi connectivity index (χ0v) is 13.3. The van der Waals surface area contributed by atoms with Gasteiger partial charge in [-0.3, -0.25) is 9.78 Å². The minimum Gasteiger partial charge on any atom is -0.465 e. The Hall–Kier alpha value is -2.90. The van der Waals surface area contributed by atoms with Crippen LogP contribution in [0.3, 0.4) is 0 Å². The summed E-state index contributed by atoms with van der Waals surface area (Å²) in [6.45, 7) is 0.241. The fourth-order valence-electron chi connectivity index (χ4n) is 2.04. The van der Waals surface area contributed by atoms with Gasteiger partial charge in [0.15, 0.2) is 0 Å².